The Balaban J connectivity index is 1.74. The van der Waals surface area contributed by atoms with Crippen molar-refractivity contribution in [1.82, 2.24) is 15.5 Å². The van der Waals surface area contributed by atoms with Gasteiger partial charge in [-0.05, 0) is 24.8 Å². The van der Waals surface area contributed by atoms with Gasteiger partial charge in [-0.3, -0.25) is 14.5 Å². The molecule has 1 aromatic carbocycles. The minimum absolute atomic E-state index is 0.170. The van der Waals surface area contributed by atoms with E-state index in [0.29, 0.717) is 6.42 Å². The predicted octanol–water partition coefficient (Wildman–Crippen LogP) is 1.90. The fourth-order valence-corrected chi connectivity index (χ4v) is 3.62. The molecule has 3 rings (SSSR count). The number of nitrogens with one attached hydrogen (secondary N) is 2. The summed E-state index contributed by atoms with van der Waals surface area (Å²) in [6.45, 7) is 1.63. The van der Waals surface area contributed by atoms with Crippen molar-refractivity contribution in [3.8, 4) is 0 Å². The van der Waals surface area contributed by atoms with E-state index in [1.54, 1.807) is 0 Å². The summed E-state index contributed by atoms with van der Waals surface area (Å²) in [5.41, 5.74) is -0.337. The van der Waals surface area contributed by atoms with E-state index in [9.17, 15) is 14.4 Å². The highest BCUT2D eigenvalue weighted by atomic mass is 16.2. The highest BCUT2D eigenvalue weighted by molar-refractivity contribution is 6.09. The molecule has 1 atom stereocenters. The smallest absolute Gasteiger partial charge is 0.325 e. The average Bonchev–Trinajstić information content (AvgIpc) is 3.18. The number of benzene rings is 1. The van der Waals surface area contributed by atoms with Gasteiger partial charge in [-0.2, -0.15) is 0 Å². The van der Waals surface area contributed by atoms with Crippen molar-refractivity contribution >= 4 is 17.8 Å². The quantitative estimate of drug-likeness (QED) is 0.810. The van der Waals surface area contributed by atoms with Gasteiger partial charge in [0.05, 0.1) is 0 Å². The third-order valence-corrected chi connectivity index (χ3v) is 4.99. The molecule has 4 amide bonds. The number of rotatable bonds is 5. The Hall–Kier alpha value is -2.37. The maximum Gasteiger partial charge on any atom is 0.325 e. The number of hydrogen-bond donors (Lipinski definition) is 2. The van der Waals surface area contributed by atoms with Gasteiger partial charge in [-0.1, -0.05) is 50.1 Å². The van der Waals surface area contributed by atoms with Gasteiger partial charge in [0.25, 0.3) is 5.91 Å². The van der Waals surface area contributed by atoms with Gasteiger partial charge < -0.3 is 10.6 Å². The van der Waals surface area contributed by atoms with Crippen molar-refractivity contribution in [2.24, 2.45) is 0 Å². The van der Waals surface area contributed by atoms with Gasteiger partial charge in [-0.15, -0.1) is 0 Å². The van der Waals surface area contributed by atoms with Crippen molar-refractivity contribution in [3.05, 3.63) is 35.9 Å². The van der Waals surface area contributed by atoms with Gasteiger partial charge in [0.2, 0.25) is 5.91 Å². The van der Waals surface area contributed by atoms with E-state index in [2.05, 4.69) is 10.6 Å². The molecule has 1 aromatic rings. The number of urea groups is 1. The van der Waals surface area contributed by atoms with E-state index in [-0.39, 0.29) is 24.4 Å². The summed E-state index contributed by atoms with van der Waals surface area (Å²) in [4.78, 5) is 38.4. The topological polar surface area (TPSA) is 78.5 Å². The second-order valence-corrected chi connectivity index (χ2v) is 6.50. The molecule has 1 aliphatic carbocycles. The molecule has 0 spiro atoms. The number of nitrogens with zero attached hydrogens (tertiary/aromatic N) is 1. The van der Waals surface area contributed by atoms with E-state index in [1.165, 1.54) is 0 Å². The highest BCUT2D eigenvalue weighted by Crippen LogP contribution is 2.32. The van der Waals surface area contributed by atoms with E-state index in [4.69, 9.17) is 0 Å². The Labute approximate surface area is 141 Å². The maximum absolute atomic E-state index is 12.9. The van der Waals surface area contributed by atoms with Crippen LogP contribution in [0.25, 0.3) is 0 Å². The Morgan fingerprint density at radius 2 is 1.92 bits per heavy atom. The largest absolute Gasteiger partial charge is 0.352 e. The average molecular weight is 329 g/mol. The first kappa shape index (κ1) is 16.5. The maximum atomic E-state index is 12.9. The molecular weight excluding hydrogens is 306 g/mol. The van der Waals surface area contributed by atoms with Gasteiger partial charge in [0.1, 0.15) is 12.1 Å². The third kappa shape index (κ3) is 2.88. The van der Waals surface area contributed by atoms with Crippen LogP contribution in [0, 0.1) is 0 Å². The standard InChI is InChI=1S/C18H23N3O3/c1-2-18(13-8-4-3-5-9-13)16(23)21(17(24)20-18)12-15(22)19-14-10-6-7-11-14/h3-5,8-9,14H,2,6-7,10-12H2,1H3,(H,19,22)(H,20,24)/t18-/m1/s1. The van der Waals surface area contributed by atoms with Gasteiger partial charge >= 0.3 is 6.03 Å². The molecule has 2 N–H and O–H groups in total. The molecule has 2 fully saturated rings. The van der Waals surface area contributed by atoms with Crippen LogP contribution in [0.2, 0.25) is 0 Å². The van der Waals surface area contributed by atoms with Crippen LogP contribution >= 0.6 is 0 Å². The van der Waals surface area contributed by atoms with Crippen LogP contribution in [0.3, 0.4) is 0 Å². The Morgan fingerprint density at radius 3 is 2.54 bits per heavy atom. The molecule has 0 aromatic heterocycles. The summed E-state index contributed by atoms with van der Waals surface area (Å²) < 4.78 is 0. The predicted molar refractivity (Wildman–Crippen MR) is 89.1 cm³/mol. The highest BCUT2D eigenvalue weighted by Gasteiger charge is 2.51. The number of hydrogen-bond acceptors (Lipinski definition) is 3. The number of imide groups is 1. The molecule has 1 aliphatic heterocycles. The molecule has 1 saturated heterocycles. The molecule has 0 bridgehead atoms. The van der Waals surface area contributed by atoms with Crippen LogP contribution in [0.5, 0.6) is 0 Å². The molecule has 24 heavy (non-hydrogen) atoms. The Morgan fingerprint density at radius 1 is 1.25 bits per heavy atom. The molecular formula is C18H23N3O3. The fourth-order valence-electron chi connectivity index (χ4n) is 3.62. The second-order valence-electron chi connectivity index (χ2n) is 6.50. The summed E-state index contributed by atoms with van der Waals surface area (Å²) in [5.74, 6) is -0.631. The first-order valence-corrected chi connectivity index (χ1v) is 8.56. The Kier molecular flexibility index (Phi) is 4.55. The summed E-state index contributed by atoms with van der Waals surface area (Å²) in [6.07, 6.45) is 4.59. The lowest BCUT2D eigenvalue weighted by Gasteiger charge is -2.25. The van der Waals surface area contributed by atoms with Crippen LogP contribution in [0.15, 0.2) is 30.3 Å². The molecule has 2 aliphatic rings. The normalized spacial score (nSPS) is 24.3. The first-order chi connectivity index (χ1) is 11.6. The van der Waals surface area contributed by atoms with Crippen molar-refractivity contribution < 1.29 is 14.4 Å². The SMILES string of the molecule is CC[C@]1(c2ccccc2)NC(=O)N(CC(=O)NC2CCCC2)C1=O. The zero-order chi connectivity index (χ0) is 17.2. The molecule has 6 nitrogen and oxygen atoms in total. The molecule has 128 valence electrons. The molecule has 1 saturated carbocycles. The van der Waals surface area contributed by atoms with Gasteiger partial charge in [0, 0.05) is 6.04 Å². The zero-order valence-electron chi connectivity index (χ0n) is 13.9. The van der Waals surface area contributed by atoms with Crippen molar-refractivity contribution in [1.29, 1.82) is 0 Å². The number of amides is 4. The van der Waals surface area contributed by atoms with Gasteiger partial charge in [0.15, 0.2) is 0 Å². The fraction of sp³-hybridized carbons (Fsp3) is 0.500. The zero-order valence-corrected chi connectivity index (χ0v) is 13.9. The van der Waals surface area contributed by atoms with Crippen molar-refractivity contribution in [3.63, 3.8) is 0 Å². The summed E-state index contributed by atoms with van der Waals surface area (Å²) in [7, 11) is 0. The summed E-state index contributed by atoms with van der Waals surface area (Å²) >= 11 is 0. The summed E-state index contributed by atoms with van der Waals surface area (Å²) in [6, 6.07) is 8.84. The number of carbonyl (C=O) groups excluding carboxylic acids is 3. The van der Waals surface area contributed by atoms with Crippen LogP contribution in [-0.2, 0) is 15.1 Å². The molecule has 1 heterocycles. The molecule has 0 unspecified atom stereocenters. The monoisotopic (exact) mass is 329 g/mol. The summed E-state index contributed by atoms with van der Waals surface area (Å²) in [5, 5.41) is 5.71. The minimum Gasteiger partial charge on any atom is -0.352 e. The van der Waals surface area contributed by atoms with Crippen molar-refractivity contribution in [2.75, 3.05) is 6.54 Å². The van der Waals surface area contributed by atoms with Crippen molar-refractivity contribution in [2.45, 2.75) is 50.6 Å². The van der Waals surface area contributed by atoms with Crippen LogP contribution < -0.4 is 10.6 Å². The number of carbonyl (C=O) groups is 3. The van der Waals surface area contributed by atoms with E-state index in [0.717, 1.165) is 36.1 Å². The minimum atomic E-state index is -1.08. The molecule has 6 heteroatoms. The van der Waals surface area contributed by atoms with Gasteiger partial charge in [-0.25, -0.2) is 4.79 Å². The van der Waals surface area contributed by atoms with Crippen LogP contribution in [0.1, 0.15) is 44.6 Å². The lowest BCUT2D eigenvalue weighted by molar-refractivity contribution is -0.135. The molecule has 0 radical (unpaired) electrons. The second kappa shape index (κ2) is 6.63. The van der Waals surface area contributed by atoms with Crippen LogP contribution in [0.4, 0.5) is 4.79 Å². The van der Waals surface area contributed by atoms with E-state index >= 15 is 0 Å². The lowest BCUT2D eigenvalue weighted by atomic mass is 9.87. The third-order valence-electron chi connectivity index (χ3n) is 4.99. The first-order valence-electron chi connectivity index (χ1n) is 8.56. The Bertz CT molecular complexity index is 640. The lowest BCUT2D eigenvalue weighted by Crippen LogP contribution is -2.45. The van der Waals surface area contributed by atoms with E-state index in [1.807, 2.05) is 37.3 Å². The van der Waals surface area contributed by atoms with E-state index < -0.39 is 11.6 Å². The van der Waals surface area contributed by atoms with Crippen LogP contribution in [-0.4, -0.2) is 35.3 Å².